The number of benzene rings is 1. The smallest absolute Gasteiger partial charge is 0.152 e. The van der Waals surface area contributed by atoms with Crippen molar-refractivity contribution in [2.75, 3.05) is 32.7 Å². The number of hydrogen-bond acceptors (Lipinski definition) is 4. The molecular weight excluding hydrogens is 264 g/mol. The van der Waals surface area contributed by atoms with Crippen LogP contribution < -0.4 is 5.32 Å². The van der Waals surface area contributed by atoms with Crippen LogP contribution in [0.1, 0.15) is 12.1 Å². The van der Waals surface area contributed by atoms with Crippen LogP contribution in [0.25, 0.3) is 10.9 Å². The number of ketones is 1. The van der Waals surface area contributed by atoms with Gasteiger partial charge in [-0.05, 0) is 25.6 Å². The molecule has 21 heavy (non-hydrogen) atoms. The summed E-state index contributed by atoms with van der Waals surface area (Å²) in [5.41, 5.74) is 1.98. The molecule has 0 atom stereocenters. The number of nitrogens with one attached hydrogen (secondary N) is 1. The van der Waals surface area contributed by atoms with Crippen LogP contribution in [0, 0.1) is 0 Å². The van der Waals surface area contributed by atoms with Crippen LogP contribution in [0.3, 0.4) is 0 Å². The summed E-state index contributed by atoms with van der Waals surface area (Å²) in [4.78, 5) is 14.6. The van der Waals surface area contributed by atoms with Gasteiger partial charge >= 0.3 is 0 Å². The number of nitrogens with zero attached hydrogens (tertiary/aromatic N) is 3. The minimum atomic E-state index is 0.251. The van der Waals surface area contributed by atoms with E-state index in [9.17, 15) is 4.79 Å². The molecule has 1 aliphatic rings. The van der Waals surface area contributed by atoms with Crippen molar-refractivity contribution in [3.8, 4) is 0 Å². The molecule has 1 saturated heterocycles. The van der Waals surface area contributed by atoms with Gasteiger partial charge in [-0.2, -0.15) is 5.10 Å². The largest absolute Gasteiger partial charge is 0.315 e. The van der Waals surface area contributed by atoms with Gasteiger partial charge in [0.1, 0.15) is 0 Å². The van der Waals surface area contributed by atoms with E-state index in [2.05, 4.69) is 15.3 Å². The average molecular weight is 286 g/mol. The van der Waals surface area contributed by atoms with Crippen molar-refractivity contribution in [1.82, 2.24) is 20.0 Å². The highest BCUT2D eigenvalue weighted by molar-refractivity contribution is 5.89. The van der Waals surface area contributed by atoms with Gasteiger partial charge in [-0.1, -0.05) is 18.2 Å². The first-order valence-electron chi connectivity index (χ1n) is 7.59. The molecule has 1 fully saturated rings. The van der Waals surface area contributed by atoms with E-state index < -0.39 is 0 Å². The first-order chi connectivity index (χ1) is 10.2. The molecule has 1 aromatic heterocycles. The summed E-state index contributed by atoms with van der Waals surface area (Å²) < 4.78 is 1.85. The summed E-state index contributed by atoms with van der Waals surface area (Å²) in [6.07, 6.45) is 1.53. The number of aromatic nitrogens is 2. The van der Waals surface area contributed by atoms with Crippen molar-refractivity contribution in [3.05, 3.63) is 30.0 Å². The van der Waals surface area contributed by atoms with E-state index in [0.29, 0.717) is 13.0 Å². The van der Waals surface area contributed by atoms with Crippen molar-refractivity contribution in [1.29, 1.82) is 0 Å². The van der Waals surface area contributed by atoms with E-state index in [1.54, 1.807) is 0 Å². The number of aryl methyl sites for hydroxylation is 1. The summed E-state index contributed by atoms with van der Waals surface area (Å²) in [5, 5.41) is 8.95. The Bertz CT molecular complexity index is 626. The lowest BCUT2D eigenvalue weighted by Gasteiger charge is -2.17. The third-order valence-corrected chi connectivity index (χ3v) is 4.03. The molecule has 1 N–H and O–H groups in total. The fraction of sp³-hybridized carbons (Fsp3) is 0.500. The van der Waals surface area contributed by atoms with Gasteiger partial charge in [0.05, 0.1) is 24.2 Å². The molecule has 2 heterocycles. The van der Waals surface area contributed by atoms with Crippen molar-refractivity contribution >= 4 is 16.7 Å². The third kappa shape index (κ3) is 3.31. The Kier molecular flexibility index (Phi) is 4.31. The molecule has 0 aliphatic carbocycles. The van der Waals surface area contributed by atoms with Crippen LogP contribution in [0.2, 0.25) is 0 Å². The molecule has 112 valence electrons. The molecule has 3 rings (SSSR count). The fourth-order valence-electron chi connectivity index (χ4n) is 2.97. The minimum absolute atomic E-state index is 0.251. The van der Waals surface area contributed by atoms with Crippen molar-refractivity contribution in [2.45, 2.75) is 12.8 Å². The minimum Gasteiger partial charge on any atom is -0.315 e. The Morgan fingerprint density at radius 1 is 1.29 bits per heavy atom. The summed E-state index contributed by atoms with van der Waals surface area (Å²) in [6, 6.07) is 8.08. The van der Waals surface area contributed by atoms with Crippen molar-refractivity contribution in [2.24, 2.45) is 7.05 Å². The average Bonchev–Trinajstić information content (AvgIpc) is 2.67. The predicted molar refractivity (Wildman–Crippen MR) is 83.4 cm³/mol. The van der Waals surface area contributed by atoms with Crippen LogP contribution in [0.5, 0.6) is 0 Å². The van der Waals surface area contributed by atoms with Crippen molar-refractivity contribution in [3.63, 3.8) is 0 Å². The first-order valence-corrected chi connectivity index (χ1v) is 7.59. The second-order valence-electron chi connectivity index (χ2n) is 5.68. The number of rotatable bonds is 4. The standard InChI is InChI=1S/C16H22N4O/c1-19-16-6-3-2-5-14(16)15(18-19)11-13(21)12-20-9-4-7-17-8-10-20/h2-3,5-6,17H,4,7-12H2,1H3. The summed E-state index contributed by atoms with van der Waals surface area (Å²) in [5.74, 6) is 0.251. The van der Waals surface area contributed by atoms with E-state index in [-0.39, 0.29) is 5.78 Å². The molecule has 0 saturated carbocycles. The van der Waals surface area contributed by atoms with Crippen LogP contribution >= 0.6 is 0 Å². The summed E-state index contributed by atoms with van der Waals surface area (Å²) in [6.45, 7) is 4.51. The molecule has 0 radical (unpaired) electrons. The Labute approximate surface area is 124 Å². The second-order valence-corrected chi connectivity index (χ2v) is 5.68. The van der Waals surface area contributed by atoms with E-state index >= 15 is 0 Å². The number of carbonyl (C=O) groups excluding carboxylic acids is 1. The van der Waals surface area contributed by atoms with E-state index in [1.165, 1.54) is 0 Å². The fourth-order valence-corrected chi connectivity index (χ4v) is 2.97. The quantitative estimate of drug-likeness (QED) is 0.910. The van der Waals surface area contributed by atoms with Gasteiger partial charge in [0.15, 0.2) is 5.78 Å². The van der Waals surface area contributed by atoms with Gasteiger partial charge in [-0.25, -0.2) is 0 Å². The molecule has 5 nitrogen and oxygen atoms in total. The van der Waals surface area contributed by atoms with E-state index in [1.807, 2.05) is 36.0 Å². The van der Waals surface area contributed by atoms with Crippen LogP contribution in [-0.4, -0.2) is 53.2 Å². The third-order valence-electron chi connectivity index (χ3n) is 4.03. The van der Waals surface area contributed by atoms with Crippen LogP contribution in [0.15, 0.2) is 24.3 Å². The van der Waals surface area contributed by atoms with Gasteiger partial charge in [-0.3, -0.25) is 14.4 Å². The summed E-state index contributed by atoms with van der Waals surface area (Å²) >= 11 is 0. The highest BCUT2D eigenvalue weighted by Crippen LogP contribution is 2.18. The molecule has 0 amide bonds. The van der Waals surface area contributed by atoms with Crippen LogP contribution in [0.4, 0.5) is 0 Å². The van der Waals surface area contributed by atoms with Gasteiger partial charge in [0.2, 0.25) is 0 Å². The maximum absolute atomic E-state index is 12.3. The molecule has 0 bridgehead atoms. The molecule has 1 aliphatic heterocycles. The molecule has 5 heteroatoms. The Morgan fingerprint density at radius 2 is 2.14 bits per heavy atom. The lowest BCUT2D eigenvalue weighted by Crippen LogP contribution is -2.33. The maximum atomic E-state index is 12.3. The highest BCUT2D eigenvalue weighted by atomic mass is 16.1. The summed E-state index contributed by atoms with van der Waals surface area (Å²) in [7, 11) is 1.93. The molecular formula is C16H22N4O. The Hall–Kier alpha value is -1.72. The van der Waals surface area contributed by atoms with E-state index in [0.717, 1.165) is 49.2 Å². The number of Topliss-reactive ketones (excluding diaryl/α,β-unsaturated/α-hetero) is 1. The van der Waals surface area contributed by atoms with Crippen LogP contribution in [-0.2, 0) is 18.3 Å². The van der Waals surface area contributed by atoms with E-state index in [4.69, 9.17) is 0 Å². The zero-order valence-electron chi connectivity index (χ0n) is 12.5. The number of carbonyl (C=O) groups is 1. The van der Waals surface area contributed by atoms with Gasteiger partial charge in [-0.15, -0.1) is 0 Å². The Morgan fingerprint density at radius 3 is 3.05 bits per heavy atom. The molecule has 1 aromatic carbocycles. The lowest BCUT2D eigenvalue weighted by atomic mass is 10.1. The maximum Gasteiger partial charge on any atom is 0.152 e. The van der Waals surface area contributed by atoms with Gasteiger partial charge < -0.3 is 5.32 Å². The number of para-hydroxylation sites is 1. The Balaban J connectivity index is 1.68. The van der Waals surface area contributed by atoms with Gasteiger partial charge in [0, 0.05) is 25.5 Å². The molecule has 2 aromatic rings. The lowest BCUT2D eigenvalue weighted by molar-refractivity contribution is -0.119. The highest BCUT2D eigenvalue weighted by Gasteiger charge is 2.16. The SMILES string of the molecule is Cn1nc(CC(=O)CN2CCCNCC2)c2ccccc21. The first kappa shape index (κ1) is 14.2. The predicted octanol–water partition coefficient (Wildman–Crippen LogP) is 0.980. The number of fused-ring (bicyclic) bond motifs is 1. The molecule has 0 unspecified atom stereocenters. The monoisotopic (exact) mass is 286 g/mol. The number of hydrogen-bond donors (Lipinski definition) is 1. The zero-order valence-corrected chi connectivity index (χ0v) is 12.5. The van der Waals surface area contributed by atoms with Crippen molar-refractivity contribution < 1.29 is 4.79 Å². The normalized spacial score (nSPS) is 17.0. The second kappa shape index (κ2) is 6.37. The topological polar surface area (TPSA) is 50.2 Å². The zero-order chi connectivity index (χ0) is 14.7. The molecule has 0 spiro atoms. The van der Waals surface area contributed by atoms with Gasteiger partial charge in [0.25, 0.3) is 0 Å².